The van der Waals surface area contributed by atoms with Gasteiger partial charge >= 0.3 is 0 Å². The Hall–Kier alpha value is -1.02. The van der Waals surface area contributed by atoms with E-state index in [1.807, 2.05) is 6.07 Å². The Morgan fingerprint density at radius 2 is 2.00 bits per heavy atom. The third kappa shape index (κ3) is 3.97. The lowest BCUT2D eigenvalue weighted by atomic mass is 9.94. The summed E-state index contributed by atoms with van der Waals surface area (Å²) in [5, 5.41) is 3.18. The van der Waals surface area contributed by atoms with Gasteiger partial charge < -0.3 is 5.32 Å². The van der Waals surface area contributed by atoms with Crippen LogP contribution < -0.4 is 5.32 Å². The highest BCUT2D eigenvalue weighted by Gasteiger charge is 2.24. The highest BCUT2D eigenvalue weighted by molar-refractivity contribution is 6.21. The monoisotopic (exact) mass is 279 g/mol. The van der Waals surface area contributed by atoms with Crippen molar-refractivity contribution in [1.82, 2.24) is 5.32 Å². The summed E-state index contributed by atoms with van der Waals surface area (Å²) in [6.07, 6.45) is 4.81. The van der Waals surface area contributed by atoms with Crippen LogP contribution in [-0.4, -0.2) is 17.3 Å². The molecule has 1 saturated carbocycles. The van der Waals surface area contributed by atoms with Gasteiger partial charge in [-0.2, -0.15) is 0 Å². The van der Waals surface area contributed by atoms with E-state index in [4.69, 9.17) is 11.6 Å². The standard InChI is InChI=1S/C16H22ClNO/c1-11-7-8-13(9-12(11)2)10-16(19)18-15-6-4-3-5-14(15)17/h7-9,14-15H,3-6,10H2,1-2H3,(H,18,19). The molecule has 1 fully saturated rings. The molecule has 0 aliphatic heterocycles. The van der Waals surface area contributed by atoms with Crippen LogP contribution in [0.15, 0.2) is 18.2 Å². The fourth-order valence-electron chi connectivity index (χ4n) is 2.60. The Morgan fingerprint density at radius 3 is 2.68 bits per heavy atom. The number of aryl methyl sites for hydroxylation is 2. The molecular weight excluding hydrogens is 258 g/mol. The molecular formula is C16H22ClNO. The van der Waals surface area contributed by atoms with Gasteiger partial charge in [-0.3, -0.25) is 4.79 Å². The molecule has 3 heteroatoms. The van der Waals surface area contributed by atoms with Gasteiger partial charge in [0.25, 0.3) is 0 Å². The minimum absolute atomic E-state index is 0.0841. The third-order valence-electron chi connectivity index (χ3n) is 3.96. The van der Waals surface area contributed by atoms with Gasteiger partial charge in [-0.05, 0) is 43.4 Å². The minimum atomic E-state index is 0.0841. The van der Waals surface area contributed by atoms with Crippen molar-refractivity contribution in [3.8, 4) is 0 Å². The molecule has 0 aromatic heterocycles. The van der Waals surface area contributed by atoms with Gasteiger partial charge in [-0.15, -0.1) is 11.6 Å². The van der Waals surface area contributed by atoms with Gasteiger partial charge in [0.1, 0.15) is 0 Å². The fourth-order valence-corrected chi connectivity index (χ4v) is 2.95. The SMILES string of the molecule is Cc1ccc(CC(=O)NC2CCCCC2Cl)cc1C. The summed E-state index contributed by atoms with van der Waals surface area (Å²) in [6.45, 7) is 4.16. The molecule has 2 nitrogen and oxygen atoms in total. The van der Waals surface area contributed by atoms with Crippen LogP contribution in [0.1, 0.15) is 42.4 Å². The van der Waals surface area contributed by atoms with E-state index in [2.05, 4.69) is 31.3 Å². The second kappa shape index (κ2) is 6.42. The van der Waals surface area contributed by atoms with Crippen molar-refractivity contribution >= 4 is 17.5 Å². The molecule has 2 atom stereocenters. The van der Waals surface area contributed by atoms with E-state index in [0.29, 0.717) is 6.42 Å². The topological polar surface area (TPSA) is 29.1 Å². The van der Waals surface area contributed by atoms with Crippen LogP contribution in [-0.2, 0) is 11.2 Å². The van der Waals surface area contributed by atoms with Crippen LogP contribution in [0.25, 0.3) is 0 Å². The van der Waals surface area contributed by atoms with Crippen LogP contribution >= 0.6 is 11.6 Å². The number of hydrogen-bond donors (Lipinski definition) is 1. The van der Waals surface area contributed by atoms with E-state index < -0.39 is 0 Å². The van der Waals surface area contributed by atoms with E-state index in [9.17, 15) is 4.79 Å². The van der Waals surface area contributed by atoms with Crippen molar-refractivity contribution in [2.24, 2.45) is 0 Å². The predicted molar refractivity (Wildman–Crippen MR) is 79.7 cm³/mol. The molecule has 19 heavy (non-hydrogen) atoms. The van der Waals surface area contributed by atoms with Crippen LogP contribution in [0.2, 0.25) is 0 Å². The quantitative estimate of drug-likeness (QED) is 0.843. The summed E-state index contributed by atoms with van der Waals surface area (Å²) in [5.74, 6) is 0.0841. The van der Waals surface area contributed by atoms with Crippen molar-refractivity contribution < 1.29 is 4.79 Å². The number of benzene rings is 1. The zero-order valence-electron chi connectivity index (χ0n) is 11.7. The highest BCUT2D eigenvalue weighted by atomic mass is 35.5. The first kappa shape index (κ1) is 14.4. The van der Waals surface area contributed by atoms with Gasteiger partial charge in [0.2, 0.25) is 5.91 Å². The lowest BCUT2D eigenvalue weighted by Crippen LogP contribution is -2.43. The first-order valence-electron chi connectivity index (χ1n) is 7.06. The number of alkyl halides is 1. The molecule has 1 aromatic carbocycles. The van der Waals surface area contributed by atoms with Crippen LogP contribution in [0, 0.1) is 13.8 Å². The molecule has 1 N–H and O–H groups in total. The molecule has 2 rings (SSSR count). The lowest BCUT2D eigenvalue weighted by Gasteiger charge is -2.27. The van der Waals surface area contributed by atoms with E-state index in [1.54, 1.807) is 0 Å². The van der Waals surface area contributed by atoms with Crippen molar-refractivity contribution in [2.75, 3.05) is 0 Å². The van der Waals surface area contributed by atoms with Gasteiger partial charge in [0, 0.05) is 6.04 Å². The molecule has 1 aliphatic rings. The summed E-state index contributed by atoms with van der Waals surface area (Å²) in [4.78, 5) is 12.1. The number of halogens is 1. The first-order chi connectivity index (χ1) is 9.06. The van der Waals surface area contributed by atoms with E-state index in [0.717, 1.165) is 24.8 Å². The van der Waals surface area contributed by atoms with E-state index >= 15 is 0 Å². The summed E-state index contributed by atoms with van der Waals surface area (Å²) >= 11 is 6.26. The normalized spacial score (nSPS) is 23.1. The first-order valence-corrected chi connectivity index (χ1v) is 7.49. The van der Waals surface area contributed by atoms with Crippen molar-refractivity contribution in [3.63, 3.8) is 0 Å². The molecule has 0 bridgehead atoms. The van der Waals surface area contributed by atoms with Crippen molar-refractivity contribution in [3.05, 3.63) is 34.9 Å². The minimum Gasteiger partial charge on any atom is -0.352 e. The largest absolute Gasteiger partial charge is 0.352 e. The number of carbonyl (C=O) groups excluding carboxylic acids is 1. The summed E-state index contributed by atoms with van der Waals surface area (Å²) < 4.78 is 0. The average Bonchev–Trinajstić information content (AvgIpc) is 2.37. The Balaban J connectivity index is 1.91. The zero-order valence-corrected chi connectivity index (χ0v) is 12.5. The van der Waals surface area contributed by atoms with Gasteiger partial charge in [-0.25, -0.2) is 0 Å². The highest BCUT2D eigenvalue weighted by Crippen LogP contribution is 2.23. The van der Waals surface area contributed by atoms with Crippen LogP contribution in [0.4, 0.5) is 0 Å². The second-order valence-corrected chi connectivity index (χ2v) is 6.13. The van der Waals surface area contributed by atoms with Crippen molar-refractivity contribution in [1.29, 1.82) is 0 Å². The lowest BCUT2D eigenvalue weighted by molar-refractivity contribution is -0.121. The van der Waals surface area contributed by atoms with E-state index in [-0.39, 0.29) is 17.3 Å². The Kier molecular flexibility index (Phi) is 4.87. The predicted octanol–water partition coefficient (Wildman–Crippen LogP) is 3.51. The number of rotatable bonds is 3. The fraction of sp³-hybridized carbons (Fsp3) is 0.562. The van der Waals surface area contributed by atoms with Crippen LogP contribution in [0.5, 0.6) is 0 Å². The van der Waals surface area contributed by atoms with Gasteiger partial charge in [-0.1, -0.05) is 31.0 Å². The molecule has 1 amide bonds. The Labute approximate surface area is 120 Å². The van der Waals surface area contributed by atoms with Gasteiger partial charge in [0.15, 0.2) is 0 Å². The molecule has 1 aromatic rings. The Morgan fingerprint density at radius 1 is 1.26 bits per heavy atom. The van der Waals surface area contributed by atoms with E-state index in [1.165, 1.54) is 17.5 Å². The third-order valence-corrected chi connectivity index (χ3v) is 4.49. The number of amides is 1. The summed E-state index contributed by atoms with van der Waals surface area (Å²) in [6, 6.07) is 6.34. The number of nitrogens with one attached hydrogen (secondary N) is 1. The summed E-state index contributed by atoms with van der Waals surface area (Å²) in [7, 11) is 0. The zero-order chi connectivity index (χ0) is 13.8. The Bertz CT molecular complexity index is 458. The van der Waals surface area contributed by atoms with Gasteiger partial charge in [0.05, 0.1) is 11.8 Å². The average molecular weight is 280 g/mol. The number of carbonyl (C=O) groups is 1. The maximum absolute atomic E-state index is 12.1. The smallest absolute Gasteiger partial charge is 0.224 e. The van der Waals surface area contributed by atoms with Crippen molar-refractivity contribution in [2.45, 2.75) is 57.4 Å². The maximum Gasteiger partial charge on any atom is 0.224 e. The summed E-state index contributed by atoms with van der Waals surface area (Å²) in [5.41, 5.74) is 3.57. The van der Waals surface area contributed by atoms with Crippen LogP contribution in [0.3, 0.4) is 0 Å². The molecule has 0 radical (unpaired) electrons. The maximum atomic E-state index is 12.1. The molecule has 0 heterocycles. The molecule has 104 valence electrons. The molecule has 1 aliphatic carbocycles. The number of hydrogen-bond acceptors (Lipinski definition) is 1. The molecule has 0 saturated heterocycles. The molecule has 0 spiro atoms. The second-order valence-electron chi connectivity index (χ2n) is 5.57. The molecule has 2 unspecified atom stereocenters.